The first-order chi connectivity index (χ1) is 11.3. The van der Waals surface area contributed by atoms with Crippen molar-refractivity contribution >= 4 is 17.2 Å². The molecule has 23 heavy (non-hydrogen) atoms. The minimum atomic E-state index is -0.111. The predicted octanol–water partition coefficient (Wildman–Crippen LogP) is 1.93. The minimum absolute atomic E-state index is 0.0309. The van der Waals surface area contributed by atoms with Crippen molar-refractivity contribution in [2.24, 2.45) is 0 Å². The second kappa shape index (κ2) is 4.45. The fraction of sp³-hybridized carbons (Fsp3) is 0.188. The number of ether oxygens (including phenoxy) is 2. The molecule has 0 saturated carbocycles. The lowest BCUT2D eigenvalue weighted by molar-refractivity contribution is -0.116. The van der Waals surface area contributed by atoms with Gasteiger partial charge in [0, 0.05) is 42.0 Å². The SMILES string of the molecule is O=C1C[C@H](c2cnn3cccnc23)c2cc3c(cc2N1)OCO3. The summed E-state index contributed by atoms with van der Waals surface area (Å²) in [6.07, 6.45) is 5.70. The van der Waals surface area contributed by atoms with Crippen molar-refractivity contribution in [2.75, 3.05) is 12.1 Å². The van der Waals surface area contributed by atoms with Crippen LogP contribution in [-0.4, -0.2) is 27.3 Å². The van der Waals surface area contributed by atoms with Gasteiger partial charge < -0.3 is 14.8 Å². The number of nitrogens with one attached hydrogen (secondary N) is 1. The number of hydrogen-bond acceptors (Lipinski definition) is 5. The highest BCUT2D eigenvalue weighted by Crippen LogP contribution is 2.45. The molecule has 2 aliphatic rings. The fourth-order valence-corrected chi connectivity index (χ4v) is 3.22. The number of hydrogen-bond donors (Lipinski definition) is 1. The summed E-state index contributed by atoms with van der Waals surface area (Å²) in [6.45, 7) is 0.203. The lowest BCUT2D eigenvalue weighted by Gasteiger charge is -2.25. The molecule has 1 N–H and O–H groups in total. The molecule has 0 fully saturated rings. The first-order valence-electron chi connectivity index (χ1n) is 7.31. The van der Waals surface area contributed by atoms with Crippen molar-refractivity contribution in [1.82, 2.24) is 14.6 Å². The Bertz CT molecular complexity index is 950. The maximum atomic E-state index is 12.1. The molecule has 1 aromatic carbocycles. The van der Waals surface area contributed by atoms with Gasteiger partial charge in [-0.15, -0.1) is 0 Å². The van der Waals surface area contributed by atoms with E-state index in [1.54, 1.807) is 16.9 Å². The van der Waals surface area contributed by atoms with Gasteiger partial charge in [0.05, 0.1) is 6.20 Å². The molecule has 7 nitrogen and oxygen atoms in total. The van der Waals surface area contributed by atoms with Gasteiger partial charge in [-0.25, -0.2) is 9.50 Å². The van der Waals surface area contributed by atoms with E-state index in [2.05, 4.69) is 15.4 Å². The molecular weight excluding hydrogens is 296 g/mol. The molecule has 2 aliphatic heterocycles. The van der Waals surface area contributed by atoms with Crippen molar-refractivity contribution in [3.63, 3.8) is 0 Å². The third kappa shape index (κ3) is 1.79. The zero-order valence-corrected chi connectivity index (χ0v) is 12.0. The van der Waals surface area contributed by atoms with Crippen LogP contribution in [0.5, 0.6) is 11.5 Å². The van der Waals surface area contributed by atoms with Gasteiger partial charge in [-0.1, -0.05) is 0 Å². The highest BCUT2D eigenvalue weighted by atomic mass is 16.7. The molecule has 114 valence electrons. The Labute approximate surface area is 130 Å². The predicted molar refractivity (Wildman–Crippen MR) is 80.6 cm³/mol. The molecule has 0 bridgehead atoms. The number of benzene rings is 1. The van der Waals surface area contributed by atoms with Crippen LogP contribution < -0.4 is 14.8 Å². The van der Waals surface area contributed by atoms with E-state index < -0.39 is 0 Å². The van der Waals surface area contributed by atoms with Crippen molar-refractivity contribution in [2.45, 2.75) is 12.3 Å². The molecule has 5 rings (SSSR count). The Morgan fingerprint density at radius 1 is 1.22 bits per heavy atom. The van der Waals surface area contributed by atoms with E-state index in [0.717, 1.165) is 22.5 Å². The minimum Gasteiger partial charge on any atom is -0.454 e. The zero-order chi connectivity index (χ0) is 15.4. The summed E-state index contributed by atoms with van der Waals surface area (Å²) in [5.74, 6) is 1.22. The van der Waals surface area contributed by atoms with Crippen molar-refractivity contribution in [3.05, 3.63) is 47.9 Å². The molecule has 1 amide bonds. The monoisotopic (exact) mass is 308 g/mol. The molecule has 7 heteroatoms. The van der Waals surface area contributed by atoms with Crippen LogP contribution in [0.15, 0.2) is 36.8 Å². The fourth-order valence-electron chi connectivity index (χ4n) is 3.22. The van der Waals surface area contributed by atoms with Gasteiger partial charge in [0.1, 0.15) is 0 Å². The molecule has 0 radical (unpaired) electrons. The van der Waals surface area contributed by atoms with Crippen molar-refractivity contribution in [3.8, 4) is 11.5 Å². The van der Waals surface area contributed by atoms with Crippen LogP contribution in [0.2, 0.25) is 0 Å². The summed E-state index contributed by atoms with van der Waals surface area (Å²) in [5.41, 5.74) is 3.44. The molecule has 0 saturated heterocycles. The van der Waals surface area contributed by atoms with Gasteiger partial charge in [0.15, 0.2) is 17.1 Å². The highest BCUT2D eigenvalue weighted by molar-refractivity contribution is 5.96. The molecule has 0 aliphatic carbocycles. The molecule has 0 spiro atoms. The third-order valence-corrected chi connectivity index (χ3v) is 4.27. The Kier molecular flexibility index (Phi) is 2.41. The van der Waals surface area contributed by atoms with E-state index >= 15 is 0 Å². The Balaban J connectivity index is 1.71. The van der Waals surface area contributed by atoms with Gasteiger partial charge in [0.25, 0.3) is 0 Å². The van der Waals surface area contributed by atoms with Crippen LogP contribution in [0.3, 0.4) is 0 Å². The maximum Gasteiger partial charge on any atom is 0.231 e. The number of amides is 1. The quantitative estimate of drug-likeness (QED) is 0.743. The van der Waals surface area contributed by atoms with E-state index in [9.17, 15) is 4.79 Å². The summed E-state index contributed by atoms with van der Waals surface area (Å²) < 4.78 is 12.6. The lowest BCUT2D eigenvalue weighted by Crippen LogP contribution is -2.23. The number of fused-ring (bicyclic) bond motifs is 3. The first kappa shape index (κ1) is 12.5. The van der Waals surface area contributed by atoms with Crippen LogP contribution in [0.4, 0.5) is 5.69 Å². The van der Waals surface area contributed by atoms with Gasteiger partial charge in [0.2, 0.25) is 12.7 Å². The molecule has 4 heterocycles. The van der Waals surface area contributed by atoms with Gasteiger partial charge >= 0.3 is 0 Å². The summed E-state index contributed by atoms with van der Waals surface area (Å²) in [4.78, 5) is 16.5. The molecule has 1 atom stereocenters. The standard InChI is InChI=1S/C16H12N4O3/c21-15-5-9(11-7-18-20-3-1-2-17-16(11)20)10-4-13-14(23-8-22-13)6-12(10)19-15/h1-4,6-7,9H,5,8H2,(H,19,21)/t9-/m0/s1. The van der Waals surface area contributed by atoms with E-state index in [1.165, 1.54) is 0 Å². The normalized spacial score (nSPS) is 18.8. The highest BCUT2D eigenvalue weighted by Gasteiger charge is 2.31. The first-order valence-corrected chi connectivity index (χ1v) is 7.31. The maximum absolute atomic E-state index is 12.1. The summed E-state index contributed by atoms with van der Waals surface area (Å²) in [7, 11) is 0. The zero-order valence-electron chi connectivity index (χ0n) is 12.0. The smallest absolute Gasteiger partial charge is 0.231 e. The number of rotatable bonds is 1. The molecule has 3 aromatic rings. The second-order valence-corrected chi connectivity index (χ2v) is 5.59. The van der Waals surface area contributed by atoms with Crippen LogP contribution in [0.25, 0.3) is 5.65 Å². The molecular formula is C16H12N4O3. The van der Waals surface area contributed by atoms with Crippen LogP contribution in [0, 0.1) is 0 Å². The van der Waals surface area contributed by atoms with Crippen LogP contribution in [-0.2, 0) is 4.79 Å². The number of nitrogens with zero attached hydrogens (tertiary/aromatic N) is 3. The van der Waals surface area contributed by atoms with Crippen molar-refractivity contribution < 1.29 is 14.3 Å². The van der Waals surface area contributed by atoms with Gasteiger partial charge in [-0.05, 0) is 17.7 Å². The number of carbonyl (C=O) groups excluding carboxylic acids is 1. The Morgan fingerprint density at radius 2 is 2.09 bits per heavy atom. The summed E-state index contributed by atoms with van der Waals surface area (Å²) in [5, 5.41) is 7.24. The molecule has 0 unspecified atom stereocenters. The average molecular weight is 308 g/mol. The van der Waals surface area contributed by atoms with Crippen LogP contribution >= 0.6 is 0 Å². The van der Waals surface area contributed by atoms with Crippen molar-refractivity contribution in [1.29, 1.82) is 0 Å². The Morgan fingerprint density at radius 3 is 3.00 bits per heavy atom. The van der Waals surface area contributed by atoms with E-state index in [-0.39, 0.29) is 18.6 Å². The second-order valence-electron chi connectivity index (χ2n) is 5.59. The van der Waals surface area contributed by atoms with Crippen LogP contribution in [0.1, 0.15) is 23.5 Å². The number of anilines is 1. The largest absolute Gasteiger partial charge is 0.454 e. The number of carbonyl (C=O) groups is 1. The lowest BCUT2D eigenvalue weighted by atomic mass is 9.85. The molecule has 2 aromatic heterocycles. The summed E-state index contributed by atoms with van der Waals surface area (Å²) in [6, 6.07) is 5.58. The van der Waals surface area contributed by atoms with E-state index in [0.29, 0.717) is 17.9 Å². The van der Waals surface area contributed by atoms with Gasteiger partial charge in [-0.3, -0.25) is 4.79 Å². The average Bonchev–Trinajstić information content (AvgIpc) is 3.18. The van der Waals surface area contributed by atoms with Gasteiger partial charge in [-0.2, -0.15) is 5.10 Å². The topological polar surface area (TPSA) is 77.8 Å². The third-order valence-electron chi connectivity index (χ3n) is 4.27. The van der Waals surface area contributed by atoms with E-state index in [4.69, 9.17) is 9.47 Å². The Hall–Kier alpha value is -3.09. The number of aromatic nitrogens is 3. The summed E-state index contributed by atoms with van der Waals surface area (Å²) >= 11 is 0. The van der Waals surface area contributed by atoms with E-state index in [1.807, 2.05) is 24.4 Å².